The van der Waals surface area contributed by atoms with Crippen LogP contribution in [0.15, 0.2) is 59.5 Å². The monoisotopic (exact) mass is 472 g/mol. The summed E-state index contributed by atoms with van der Waals surface area (Å²) in [7, 11) is 1.59. The summed E-state index contributed by atoms with van der Waals surface area (Å²) in [5.41, 5.74) is 1.63. The highest BCUT2D eigenvalue weighted by Gasteiger charge is 2.49. The number of nitrogens with zero attached hydrogens (tertiary/aromatic N) is 4. The maximum absolute atomic E-state index is 13.9. The number of benzene rings is 1. The van der Waals surface area contributed by atoms with Gasteiger partial charge in [-0.15, -0.1) is 0 Å². The lowest BCUT2D eigenvalue weighted by Gasteiger charge is -2.39. The Morgan fingerprint density at radius 1 is 1.17 bits per heavy atom. The van der Waals surface area contributed by atoms with Crippen molar-refractivity contribution in [2.45, 2.75) is 25.0 Å². The largest absolute Gasteiger partial charge is 0.449 e. The third kappa shape index (κ3) is 3.26. The molecule has 6 rings (SSSR count). The normalized spacial score (nSPS) is 19.5. The van der Waals surface area contributed by atoms with E-state index in [1.54, 1.807) is 47.0 Å². The van der Waals surface area contributed by atoms with Crippen LogP contribution in [0.3, 0.4) is 0 Å². The lowest BCUT2D eigenvalue weighted by Crippen LogP contribution is -2.49. The summed E-state index contributed by atoms with van der Waals surface area (Å²) in [6, 6.07) is 14.3. The number of carbonyl (C=O) groups excluding carboxylic acids is 2. The lowest BCUT2D eigenvalue weighted by molar-refractivity contribution is -0.0444. The van der Waals surface area contributed by atoms with Crippen LogP contribution in [0.25, 0.3) is 16.7 Å². The first-order valence-corrected chi connectivity index (χ1v) is 11.6. The molecule has 0 bridgehead atoms. The number of methoxy groups -OCH3 is 1. The number of likely N-dealkylation sites (tertiary alicyclic amines) is 1. The first-order chi connectivity index (χ1) is 17.0. The molecule has 1 fully saturated rings. The topological polar surface area (TPSA) is 95.1 Å². The predicted molar refractivity (Wildman–Crippen MR) is 128 cm³/mol. The second-order valence-corrected chi connectivity index (χ2v) is 9.02. The number of amides is 1. The molecule has 1 aromatic carbocycles. The minimum Gasteiger partial charge on any atom is -0.449 e. The van der Waals surface area contributed by atoms with Gasteiger partial charge < -0.3 is 18.9 Å². The number of carbonyl (C=O) groups is 2. The number of piperidine rings is 1. The van der Waals surface area contributed by atoms with Gasteiger partial charge in [0.1, 0.15) is 17.0 Å². The molecule has 1 atom stereocenters. The Labute approximate surface area is 200 Å². The van der Waals surface area contributed by atoms with Gasteiger partial charge in [0.25, 0.3) is 11.5 Å². The predicted octanol–water partition coefficient (Wildman–Crippen LogP) is 2.60. The number of ether oxygens (including phenoxy) is 2. The molecular weight excluding hydrogens is 448 g/mol. The summed E-state index contributed by atoms with van der Waals surface area (Å²) < 4.78 is 14.4. The Morgan fingerprint density at radius 3 is 2.86 bits per heavy atom. The van der Waals surface area contributed by atoms with Gasteiger partial charge in [-0.1, -0.05) is 24.3 Å². The zero-order chi connectivity index (χ0) is 24.2. The van der Waals surface area contributed by atoms with E-state index in [1.807, 2.05) is 24.3 Å². The van der Waals surface area contributed by atoms with Crippen LogP contribution in [-0.4, -0.2) is 57.5 Å². The molecular formula is C26H24N4O5. The summed E-state index contributed by atoms with van der Waals surface area (Å²) in [6.07, 6.45) is 3.01. The summed E-state index contributed by atoms with van der Waals surface area (Å²) in [5.74, 6) is -0.583. The highest BCUT2D eigenvalue weighted by Crippen LogP contribution is 2.43. The number of hydrogen-bond acceptors (Lipinski definition) is 6. The van der Waals surface area contributed by atoms with E-state index in [4.69, 9.17) is 9.47 Å². The first kappa shape index (κ1) is 21.5. The number of aromatic nitrogens is 3. The molecule has 0 aliphatic carbocycles. The maximum Gasteiger partial charge on any atom is 0.339 e. The Morgan fingerprint density at radius 2 is 2.00 bits per heavy atom. The van der Waals surface area contributed by atoms with Gasteiger partial charge in [0.15, 0.2) is 5.60 Å². The molecule has 1 saturated heterocycles. The van der Waals surface area contributed by atoms with Gasteiger partial charge in [-0.2, -0.15) is 0 Å². The van der Waals surface area contributed by atoms with E-state index >= 15 is 0 Å². The van der Waals surface area contributed by atoms with Crippen molar-refractivity contribution in [1.82, 2.24) is 18.9 Å². The molecule has 3 aromatic heterocycles. The van der Waals surface area contributed by atoms with E-state index in [-0.39, 0.29) is 24.0 Å². The SMILES string of the molecule is COCCn1c(C(=O)N2CCCC3(C2)OC(=O)c2ccccc23)cc2c(=O)n3ccccc3nc21. The molecule has 9 nitrogen and oxygen atoms in total. The third-order valence-corrected chi connectivity index (χ3v) is 6.98. The van der Waals surface area contributed by atoms with Crippen molar-refractivity contribution in [2.24, 2.45) is 0 Å². The molecule has 5 heterocycles. The van der Waals surface area contributed by atoms with Gasteiger partial charge in [0, 0.05) is 32.0 Å². The first-order valence-electron chi connectivity index (χ1n) is 11.6. The lowest BCUT2D eigenvalue weighted by atomic mass is 9.85. The number of hydrogen-bond donors (Lipinski definition) is 0. The fourth-order valence-corrected chi connectivity index (χ4v) is 5.34. The van der Waals surface area contributed by atoms with Crippen LogP contribution in [0, 0.1) is 0 Å². The van der Waals surface area contributed by atoms with Crippen LogP contribution in [0.1, 0.15) is 39.3 Å². The minimum atomic E-state index is -0.850. The summed E-state index contributed by atoms with van der Waals surface area (Å²) >= 11 is 0. The molecule has 0 N–H and O–H groups in total. The molecule has 1 spiro atoms. The zero-order valence-electron chi connectivity index (χ0n) is 19.3. The van der Waals surface area contributed by atoms with Crippen LogP contribution in [0.2, 0.25) is 0 Å². The highest BCUT2D eigenvalue weighted by molar-refractivity contribution is 5.99. The molecule has 1 amide bonds. The van der Waals surface area contributed by atoms with Gasteiger partial charge in [0.05, 0.1) is 24.1 Å². The minimum absolute atomic E-state index is 0.230. The van der Waals surface area contributed by atoms with Crippen molar-refractivity contribution in [1.29, 1.82) is 0 Å². The van der Waals surface area contributed by atoms with Crippen molar-refractivity contribution in [2.75, 3.05) is 26.8 Å². The maximum atomic E-state index is 13.9. The van der Waals surface area contributed by atoms with E-state index in [0.29, 0.717) is 60.5 Å². The van der Waals surface area contributed by atoms with Crippen LogP contribution >= 0.6 is 0 Å². The van der Waals surface area contributed by atoms with Crippen LogP contribution in [-0.2, 0) is 21.6 Å². The standard InChI is InChI=1S/C26H24N4O5/c1-34-14-13-29-20(15-18-22(29)27-21-9-4-5-12-30(21)23(18)31)24(32)28-11-6-10-26(16-28)19-8-3-2-7-17(19)25(33)35-26/h2-5,7-9,12,15H,6,10-11,13-14,16H2,1H3. The Kier molecular flexibility index (Phi) is 4.96. The Bertz CT molecular complexity index is 1550. The van der Waals surface area contributed by atoms with Crippen molar-refractivity contribution in [3.63, 3.8) is 0 Å². The van der Waals surface area contributed by atoms with E-state index in [0.717, 1.165) is 5.56 Å². The smallest absolute Gasteiger partial charge is 0.339 e. The van der Waals surface area contributed by atoms with Crippen molar-refractivity contribution >= 4 is 28.6 Å². The van der Waals surface area contributed by atoms with Gasteiger partial charge in [-0.05, 0) is 37.1 Å². The molecule has 2 aliphatic heterocycles. The molecule has 0 radical (unpaired) electrons. The fourth-order valence-electron chi connectivity index (χ4n) is 5.34. The zero-order valence-corrected chi connectivity index (χ0v) is 19.3. The van der Waals surface area contributed by atoms with E-state index in [2.05, 4.69) is 4.98 Å². The molecule has 4 aromatic rings. The summed E-state index contributed by atoms with van der Waals surface area (Å²) in [5, 5.41) is 0.373. The van der Waals surface area contributed by atoms with Crippen molar-refractivity contribution in [3.8, 4) is 0 Å². The summed E-state index contributed by atoms with van der Waals surface area (Å²) in [4.78, 5) is 46.0. The van der Waals surface area contributed by atoms with Gasteiger partial charge in [-0.3, -0.25) is 14.0 Å². The Hall–Kier alpha value is -3.98. The third-order valence-electron chi connectivity index (χ3n) is 6.98. The molecule has 2 aliphatic rings. The molecule has 9 heteroatoms. The Balaban J connectivity index is 1.43. The van der Waals surface area contributed by atoms with Gasteiger partial charge >= 0.3 is 5.97 Å². The van der Waals surface area contributed by atoms with Crippen molar-refractivity contribution in [3.05, 3.63) is 81.9 Å². The van der Waals surface area contributed by atoms with E-state index < -0.39 is 5.60 Å². The molecule has 1 unspecified atom stereocenters. The summed E-state index contributed by atoms with van der Waals surface area (Å²) in [6.45, 7) is 1.51. The van der Waals surface area contributed by atoms with Gasteiger partial charge in [0.2, 0.25) is 0 Å². The van der Waals surface area contributed by atoms with Crippen LogP contribution in [0.5, 0.6) is 0 Å². The van der Waals surface area contributed by atoms with Crippen LogP contribution in [0.4, 0.5) is 0 Å². The number of fused-ring (bicyclic) bond motifs is 4. The average Bonchev–Trinajstić information content (AvgIpc) is 3.38. The second-order valence-electron chi connectivity index (χ2n) is 9.02. The van der Waals surface area contributed by atoms with E-state index in [1.165, 1.54) is 4.40 Å². The van der Waals surface area contributed by atoms with E-state index in [9.17, 15) is 14.4 Å². The highest BCUT2D eigenvalue weighted by atomic mass is 16.6. The molecule has 35 heavy (non-hydrogen) atoms. The fraction of sp³-hybridized carbons (Fsp3) is 0.308. The quantitative estimate of drug-likeness (QED) is 0.424. The number of pyridine rings is 1. The van der Waals surface area contributed by atoms with Crippen LogP contribution < -0.4 is 5.56 Å². The van der Waals surface area contributed by atoms with Gasteiger partial charge in [-0.25, -0.2) is 9.78 Å². The molecule has 0 saturated carbocycles. The molecule has 178 valence electrons. The number of esters is 1. The average molecular weight is 473 g/mol. The van der Waals surface area contributed by atoms with Crippen molar-refractivity contribution < 1.29 is 19.1 Å². The number of rotatable bonds is 4. The second kappa shape index (κ2) is 8.06.